The third kappa shape index (κ3) is 4.51. The molecule has 0 aromatic heterocycles. The first-order chi connectivity index (χ1) is 14.3. The van der Waals surface area contributed by atoms with E-state index in [0.717, 1.165) is 32.5 Å². The zero-order valence-electron chi connectivity index (χ0n) is 17.1. The standard InChI is InChI=1S/C25H29NO2Si/c1-2-28-29(24-11-7-4-8-12-24,21-26-17-19-27-20-18-26)25-15-13-23(14-16-25)22-9-5-3-6-10-22/h3-16H,2,17-21H2,1H3. The van der Waals surface area contributed by atoms with E-state index >= 15 is 0 Å². The van der Waals surface area contributed by atoms with Gasteiger partial charge in [0.2, 0.25) is 0 Å². The van der Waals surface area contributed by atoms with E-state index in [1.54, 1.807) is 0 Å². The normalized spacial score (nSPS) is 17.0. The summed E-state index contributed by atoms with van der Waals surface area (Å²) < 4.78 is 12.3. The number of morpholine rings is 1. The SMILES string of the molecule is CCO[Si](CN1CCOCC1)(c1ccccc1)c1ccc(-c2ccccc2)cc1. The molecule has 3 aromatic rings. The molecule has 150 valence electrons. The summed E-state index contributed by atoms with van der Waals surface area (Å²) in [6.07, 6.45) is 0.957. The van der Waals surface area contributed by atoms with Crippen LogP contribution in [0.4, 0.5) is 0 Å². The molecule has 0 aliphatic carbocycles. The predicted octanol–water partition coefficient (Wildman–Crippen LogP) is 3.32. The molecule has 1 aliphatic heterocycles. The summed E-state index contributed by atoms with van der Waals surface area (Å²) in [5.41, 5.74) is 2.49. The number of rotatable bonds is 7. The van der Waals surface area contributed by atoms with Crippen LogP contribution >= 0.6 is 0 Å². The second kappa shape index (κ2) is 9.50. The van der Waals surface area contributed by atoms with E-state index in [4.69, 9.17) is 9.16 Å². The van der Waals surface area contributed by atoms with E-state index in [-0.39, 0.29) is 0 Å². The average Bonchev–Trinajstić information content (AvgIpc) is 2.81. The topological polar surface area (TPSA) is 21.7 Å². The third-order valence-electron chi connectivity index (χ3n) is 5.64. The molecule has 3 nitrogen and oxygen atoms in total. The van der Waals surface area contributed by atoms with Crippen LogP contribution in [-0.4, -0.2) is 52.3 Å². The van der Waals surface area contributed by atoms with Gasteiger partial charge < -0.3 is 9.16 Å². The van der Waals surface area contributed by atoms with E-state index < -0.39 is 8.32 Å². The number of ether oxygens (including phenoxy) is 1. The predicted molar refractivity (Wildman–Crippen MR) is 122 cm³/mol. The number of benzene rings is 3. The Hall–Kier alpha value is -2.24. The van der Waals surface area contributed by atoms with Crippen LogP contribution in [0.1, 0.15) is 6.92 Å². The molecule has 3 aromatic carbocycles. The highest BCUT2D eigenvalue weighted by Gasteiger charge is 2.41. The van der Waals surface area contributed by atoms with Gasteiger partial charge in [-0.05, 0) is 28.4 Å². The van der Waals surface area contributed by atoms with Gasteiger partial charge in [0.15, 0.2) is 0 Å². The summed E-state index contributed by atoms with van der Waals surface area (Å²) in [4.78, 5) is 2.52. The monoisotopic (exact) mass is 403 g/mol. The Morgan fingerprint density at radius 2 is 1.31 bits per heavy atom. The summed E-state index contributed by atoms with van der Waals surface area (Å²) in [7, 11) is -2.39. The molecule has 1 heterocycles. The van der Waals surface area contributed by atoms with Gasteiger partial charge >= 0.3 is 0 Å². The highest BCUT2D eigenvalue weighted by Crippen LogP contribution is 2.19. The third-order valence-corrected chi connectivity index (χ3v) is 9.85. The molecule has 29 heavy (non-hydrogen) atoms. The van der Waals surface area contributed by atoms with Crippen molar-refractivity contribution in [2.75, 3.05) is 39.1 Å². The minimum absolute atomic E-state index is 0.714. The summed E-state index contributed by atoms with van der Waals surface area (Å²) in [6, 6.07) is 30.5. The fourth-order valence-electron chi connectivity index (χ4n) is 4.15. The molecule has 1 aliphatic rings. The Morgan fingerprint density at radius 1 is 0.759 bits per heavy atom. The molecule has 1 saturated heterocycles. The van der Waals surface area contributed by atoms with Gasteiger partial charge in [0.05, 0.1) is 13.2 Å². The second-order valence-corrected chi connectivity index (χ2v) is 10.9. The van der Waals surface area contributed by atoms with Gasteiger partial charge in [-0.15, -0.1) is 0 Å². The lowest BCUT2D eigenvalue weighted by atomic mass is 10.1. The maximum Gasteiger partial charge on any atom is 0.269 e. The second-order valence-electron chi connectivity index (χ2n) is 7.46. The van der Waals surface area contributed by atoms with Crippen LogP contribution < -0.4 is 10.4 Å². The summed E-state index contributed by atoms with van der Waals surface area (Å²) in [6.45, 7) is 6.37. The van der Waals surface area contributed by atoms with E-state index in [1.807, 2.05) is 0 Å². The molecular formula is C25H29NO2Si. The fraction of sp³-hybridized carbons (Fsp3) is 0.280. The van der Waals surface area contributed by atoms with Crippen LogP contribution in [0.15, 0.2) is 84.9 Å². The van der Waals surface area contributed by atoms with Crippen molar-refractivity contribution in [1.29, 1.82) is 0 Å². The first-order valence-electron chi connectivity index (χ1n) is 10.5. The van der Waals surface area contributed by atoms with E-state index in [2.05, 4.69) is 96.8 Å². The van der Waals surface area contributed by atoms with E-state index in [1.165, 1.54) is 21.5 Å². The lowest BCUT2D eigenvalue weighted by Gasteiger charge is -2.38. The van der Waals surface area contributed by atoms with Gasteiger partial charge in [-0.1, -0.05) is 84.9 Å². The van der Waals surface area contributed by atoms with Crippen molar-refractivity contribution in [2.45, 2.75) is 6.92 Å². The minimum Gasteiger partial charge on any atom is -0.407 e. The maximum atomic E-state index is 6.71. The van der Waals surface area contributed by atoms with Crippen LogP contribution in [-0.2, 0) is 9.16 Å². The maximum absolute atomic E-state index is 6.71. The van der Waals surface area contributed by atoms with Crippen LogP contribution in [0.5, 0.6) is 0 Å². The lowest BCUT2D eigenvalue weighted by molar-refractivity contribution is 0.0439. The number of nitrogens with zero attached hydrogens (tertiary/aromatic N) is 1. The molecule has 1 atom stereocenters. The highest BCUT2D eigenvalue weighted by molar-refractivity contribution is 6.97. The van der Waals surface area contributed by atoms with Crippen molar-refractivity contribution in [1.82, 2.24) is 4.90 Å². The molecule has 4 rings (SSSR count). The van der Waals surface area contributed by atoms with Crippen molar-refractivity contribution >= 4 is 18.7 Å². The smallest absolute Gasteiger partial charge is 0.269 e. The molecule has 1 fully saturated rings. The van der Waals surface area contributed by atoms with Gasteiger partial charge in [0.25, 0.3) is 8.32 Å². The van der Waals surface area contributed by atoms with E-state index in [9.17, 15) is 0 Å². The lowest BCUT2D eigenvalue weighted by Crippen LogP contribution is -2.68. The van der Waals surface area contributed by atoms with Crippen molar-refractivity contribution in [3.63, 3.8) is 0 Å². The molecular weight excluding hydrogens is 374 g/mol. The molecule has 0 amide bonds. The molecule has 0 bridgehead atoms. The molecule has 4 heteroatoms. The van der Waals surface area contributed by atoms with Crippen molar-refractivity contribution in [3.8, 4) is 11.1 Å². The van der Waals surface area contributed by atoms with Gasteiger partial charge in [0.1, 0.15) is 0 Å². The van der Waals surface area contributed by atoms with Crippen LogP contribution in [0.2, 0.25) is 0 Å². The fourth-order valence-corrected chi connectivity index (χ4v) is 8.15. The van der Waals surface area contributed by atoms with Gasteiger partial charge in [-0.3, -0.25) is 4.90 Å². The Labute approximate surface area is 175 Å². The summed E-state index contributed by atoms with van der Waals surface area (Å²) in [5.74, 6) is 0. The number of hydrogen-bond acceptors (Lipinski definition) is 3. The van der Waals surface area contributed by atoms with Crippen molar-refractivity contribution in [2.24, 2.45) is 0 Å². The molecule has 1 unspecified atom stereocenters. The van der Waals surface area contributed by atoms with Crippen LogP contribution in [0.3, 0.4) is 0 Å². The molecule has 0 radical (unpaired) electrons. The van der Waals surface area contributed by atoms with Crippen LogP contribution in [0, 0.1) is 0 Å². The molecule has 0 spiro atoms. The van der Waals surface area contributed by atoms with Crippen LogP contribution in [0.25, 0.3) is 11.1 Å². The van der Waals surface area contributed by atoms with Gasteiger partial charge in [-0.2, -0.15) is 0 Å². The van der Waals surface area contributed by atoms with Crippen molar-refractivity contribution < 1.29 is 9.16 Å². The van der Waals surface area contributed by atoms with E-state index in [0.29, 0.717) is 6.61 Å². The Morgan fingerprint density at radius 3 is 1.93 bits per heavy atom. The summed E-state index contributed by atoms with van der Waals surface area (Å²) >= 11 is 0. The largest absolute Gasteiger partial charge is 0.407 e. The number of hydrogen-bond donors (Lipinski definition) is 0. The molecule has 0 saturated carbocycles. The van der Waals surface area contributed by atoms with Crippen molar-refractivity contribution in [3.05, 3.63) is 84.9 Å². The Balaban J connectivity index is 1.74. The Kier molecular flexibility index (Phi) is 6.57. The highest BCUT2D eigenvalue weighted by atomic mass is 28.4. The Bertz CT molecular complexity index is 880. The first kappa shape index (κ1) is 20.0. The average molecular weight is 404 g/mol. The molecule has 0 N–H and O–H groups in total. The minimum atomic E-state index is -2.39. The quantitative estimate of drug-likeness (QED) is 0.565. The van der Waals surface area contributed by atoms with Gasteiger partial charge in [-0.25, -0.2) is 0 Å². The first-order valence-corrected chi connectivity index (χ1v) is 12.6. The van der Waals surface area contributed by atoms with Gasteiger partial charge in [0, 0.05) is 25.9 Å². The zero-order chi connectivity index (χ0) is 19.9. The zero-order valence-corrected chi connectivity index (χ0v) is 18.1. The summed E-state index contributed by atoms with van der Waals surface area (Å²) in [5, 5.41) is 2.66.